The second kappa shape index (κ2) is 3.56. The molecule has 0 aromatic carbocycles. The van der Waals surface area contributed by atoms with E-state index in [0.29, 0.717) is 18.0 Å². The van der Waals surface area contributed by atoms with Gasteiger partial charge in [0.25, 0.3) is 0 Å². The normalized spacial score (nSPS) is 17.2. The van der Waals surface area contributed by atoms with Gasteiger partial charge in [0.1, 0.15) is 5.82 Å². The first-order chi connectivity index (χ1) is 8.22. The minimum Gasteiger partial charge on any atom is -0.396 e. The Balaban J connectivity index is 1.81. The van der Waals surface area contributed by atoms with Crippen LogP contribution in [0.5, 0.6) is 0 Å². The summed E-state index contributed by atoms with van der Waals surface area (Å²) in [7, 11) is 0. The number of nitrogens with one attached hydrogen (secondary N) is 2. The fraction of sp³-hybridized carbons (Fsp3) is 0.500. The third-order valence-electron chi connectivity index (χ3n) is 3.21. The molecule has 0 amide bonds. The standard InChI is InChI=1S/C10H13N5O2/c16-6-10(3-4-10)5-11-7-1-2-8-12-13-9(17)15(8)14-7/h1-2,16H,3-6H2,(H,11,14)(H,13,17). The zero-order chi connectivity index (χ0) is 11.9. The van der Waals surface area contributed by atoms with E-state index in [-0.39, 0.29) is 17.7 Å². The first-order valence-corrected chi connectivity index (χ1v) is 5.52. The largest absolute Gasteiger partial charge is 0.396 e. The molecule has 17 heavy (non-hydrogen) atoms. The lowest BCUT2D eigenvalue weighted by molar-refractivity contribution is 0.219. The molecule has 1 saturated carbocycles. The van der Waals surface area contributed by atoms with Crippen LogP contribution in [0.25, 0.3) is 5.65 Å². The van der Waals surface area contributed by atoms with Gasteiger partial charge in [-0.3, -0.25) is 0 Å². The quantitative estimate of drug-likeness (QED) is 0.670. The van der Waals surface area contributed by atoms with Crippen LogP contribution >= 0.6 is 0 Å². The van der Waals surface area contributed by atoms with Crippen molar-refractivity contribution < 1.29 is 5.11 Å². The van der Waals surface area contributed by atoms with Crippen molar-refractivity contribution in [3.8, 4) is 0 Å². The Labute approximate surface area is 96.5 Å². The van der Waals surface area contributed by atoms with Gasteiger partial charge in [0.2, 0.25) is 0 Å². The Bertz CT molecular complexity index is 598. The molecule has 0 radical (unpaired) electrons. The molecule has 0 saturated heterocycles. The Morgan fingerprint density at radius 1 is 1.53 bits per heavy atom. The van der Waals surface area contributed by atoms with Crippen molar-refractivity contribution in [2.75, 3.05) is 18.5 Å². The van der Waals surface area contributed by atoms with E-state index in [1.54, 1.807) is 12.1 Å². The van der Waals surface area contributed by atoms with Crippen LogP contribution in [0.1, 0.15) is 12.8 Å². The molecule has 0 unspecified atom stereocenters. The van der Waals surface area contributed by atoms with Gasteiger partial charge in [0, 0.05) is 12.0 Å². The van der Waals surface area contributed by atoms with E-state index in [1.165, 1.54) is 4.52 Å². The topological polar surface area (TPSA) is 95.3 Å². The van der Waals surface area contributed by atoms with Crippen LogP contribution in [0, 0.1) is 5.41 Å². The molecule has 1 fully saturated rings. The molecule has 90 valence electrons. The molecule has 0 atom stereocenters. The van der Waals surface area contributed by atoms with Crippen LogP contribution in [-0.4, -0.2) is 38.1 Å². The number of H-pyrrole nitrogens is 1. The first-order valence-electron chi connectivity index (χ1n) is 5.52. The van der Waals surface area contributed by atoms with Crippen LogP contribution in [0.15, 0.2) is 16.9 Å². The molecular formula is C10H13N5O2. The number of nitrogens with zero attached hydrogens (tertiary/aromatic N) is 3. The Hall–Kier alpha value is -1.89. The number of aliphatic hydroxyl groups is 1. The van der Waals surface area contributed by atoms with Crippen molar-refractivity contribution in [3.63, 3.8) is 0 Å². The highest BCUT2D eigenvalue weighted by atomic mass is 16.3. The third kappa shape index (κ3) is 1.78. The molecule has 2 heterocycles. The number of hydrogen-bond acceptors (Lipinski definition) is 5. The molecule has 0 aliphatic heterocycles. The average molecular weight is 235 g/mol. The Kier molecular flexibility index (Phi) is 2.15. The third-order valence-corrected chi connectivity index (χ3v) is 3.21. The lowest BCUT2D eigenvalue weighted by atomic mass is 10.1. The van der Waals surface area contributed by atoms with Gasteiger partial charge in [0.05, 0.1) is 6.61 Å². The summed E-state index contributed by atoms with van der Waals surface area (Å²) in [5, 5.41) is 22.6. The van der Waals surface area contributed by atoms with E-state index >= 15 is 0 Å². The van der Waals surface area contributed by atoms with Gasteiger partial charge in [-0.2, -0.15) is 9.61 Å². The number of fused-ring (bicyclic) bond motifs is 1. The second-order valence-corrected chi connectivity index (χ2v) is 4.53. The van der Waals surface area contributed by atoms with E-state index in [2.05, 4.69) is 20.6 Å². The van der Waals surface area contributed by atoms with Gasteiger partial charge in [0.15, 0.2) is 5.65 Å². The molecule has 0 bridgehead atoms. The van der Waals surface area contributed by atoms with Crippen molar-refractivity contribution in [3.05, 3.63) is 22.6 Å². The van der Waals surface area contributed by atoms with Crippen LogP contribution in [-0.2, 0) is 0 Å². The van der Waals surface area contributed by atoms with Crippen LogP contribution in [0.4, 0.5) is 5.82 Å². The van der Waals surface area contributed by atoms with E-state index < -0.39 is 0 Å². The maximum Gasteiger partial charge on any atom is 0.364 e. The molecule has 1 aliphatic rings. The first kappa shape index (κ1) is 10.3. The maximum absolute atomic E-state index is 11.3. The van der Waals surface area contributed by atoms with Crippen molar-refractivity contribution in [2.45, 2.75) is 12.8 Å². The number of hydrogen-bond donors (Lipinski definition) is 3. The van der Waals surface area contributed by atoms with Crippen molar-refractivity contribution >= 4 is 11.5 Å². The summed E-state index contributed by atoms with van der Waals surface area (Å²) >= 11 is 0. The highest BCUT2D eigenvalue weighted by molar-refractivity contribution is 5.43. The molecular weight excluding hydrogens is 222 g/mol. The smallest absolute Gasteiger partial charge is 0.364 e. The maximum atomic E-state index is 11.3. The fourth-order valence-electron chi connectivity index (χ4n) is 1.74. The van der Waals surface area contributed by atoms with E-state index in [1.807, 2.05) is 0 Å². The van der Waals surface area contributed by atoms with Gasteiger partial charge in [-0.1, -0.05) is 0 Å². The molecule has 1 aliphatic carbocycles. The van der Waals surface area contributed by atoms with Gasteiger partial charge >= 0.3 is 5.69 Å². The van der Waals surface area contributed by atoms with E-state index in [0.717, 1.165) is 12.8 Å². The summed E-state index contributed by atoms with van der Waals surface area (Å²) in [6.45, 7) is 0.864. The van der Waals surface area contributed by atoms with E-state index in [9.17, 15) is 9.90 Å². The van der Waals surface area contributed by atoms with Crippen molar-refractivity contribution in [1.82, 2.24) is 19.8 Å². The lowest BCUT2D eigenvalue weighted by Gasteiger charge is -2.12. The Morgan fingerprint density at radius 3 is 3.06 bits per heavy atom. The van der Waals surface area contributed by atoms with Crippen LogP contribution < -0.4 is 11.0 Å². The zero-order valence-electron chi connectivity index (χ0n) is 9.18. The second-order valence-electron chi connectivity index (χ2n) is 4.53. The SMILES string of the molecule is O=c1[nH]nc2ccc(NCC3(CO)CC3)nn12. The summed E-state index contributed by atoms with van der Waals surface area (Å²) < 4.78 is 1.21. The molecule has 2 aromatic heterocycles. The molecule has 2 aromatic rings. The summed E-state index contributed by atoms with van der Waals surface area (Å²) in [5.41, 5.74) is 0.147. The summed E-state index contributed by atoms with van der Waals surface area (Å²) in [6.07, 6.45) is 2.06. The molecule has 3 N–H and O–H groups in total. The molecule has 3 rings (SSSR count). The lowest BCUT2D eigenvalue weighted by Crippen LogP contribution is -2.21. The van der Waals surface area contributed by atoms with Crippen LogP contribution in [0.2, 0.25) is 0 Å². The Morgan fingerprint density at radius 2 is 2.35 bits per heavy atom. The van der Waals surface area contributed by atoms with Gasteiger partial charge in [-0.25, -0.2) is 9.89 Å². The predicted molar refractivity (Wildman–Crippen MR) is 60.9 cm³/mol. The predicted octanol–water partition coefficient (Wildman–Crippen LogP) is -0.398. The van der Waals surface area contributed by atoms with Gasteiger partial charge in [-0.05, 0) is 25.0 Å². The number of aliphatic hydroxyl groups excluding tert-OH is 1. The minimum atomic E-state index is -0.355. The minimum absolute atomic E-state index is 0.0119. The number of rotatable bonds is 4. The molecule has 7 heteroatoms. The van der Waals surface area contributed by atoms with Gasteiger partial charge < -0.3 is 10.4 Å². The summed E-state index contributed by atoms with van der Waals surface area (Å²) in [6, 6.07) is 3.48. The molecule has 7 nitrogen and oxygen atoms in total. The number of anilines is 1. The monoisotopic (exact) mass is 235 g/mol. The number of aromatic nitrogens is 4. The average Bonchev–Trinajstić information content (AvgIpc) is 3.06. The van der Waals surface area contributed by atoms with Crippen molar-refractivity contribution in [2.24, 2.45) is 5.41 Å². The van der Waals surface area contributed by atoms with Crippen LogP contribution in [0.3, 0.4) is 0 Å². The molecule has 0 spiro atoms. The van der Waals surface area contributed by atoms with E-state index in [4.69, 9.17) is 0 Å². The fourth-order valence-corrected chi connectivity index (χ4v) is 1.74. The van der Waals surface area contributed by atoms with Crippen molar-refractivity contribution in [1.29, 1.82) is 0 Å². The summed E-state index contributed by atoms with van der Waals surface area (Å²) in [4.78, 5) is 11.3. The highest BCUT2D eigenvalue weighted by Gasteiger charge is 2.41. The summed E-state index contributed by atoms with van der Waals surface area (Å²) in [5.74, 6) is 0.612. The highest BCUT2D eigenvalue weighted by Crippen LogP contribution is 2.44. The zero-order valence-corrected chi connectivity index (χ0v) is 9.18. The number of aromatic amines is 1. The van der Waals surface area contributed by atoms with Gasteiger partial charge in [-0.15, -0.1) is 5.10 Å².